The maximum absolute atomic E-state index is 11.6. The summed E-state index contributed by atoms with van der Waals surface area (Å²) in [5.41, 5.74) is 2.26. The quantitative estimate of drug-likeness (QED) is 0.883. The van der Waals surface area contributed by atoms with E-state index in [-0.39, 0.29) is 0 Å². The van der Waals surface area contributed by atoms with Crippen LogP contribution < -0.4 is 5.32 Å². The van der Waals surface area contributed by atoms with Crippen LogP contribution in [0.15, 0.2) is 36.7 Å². The van der Waals surface area contributed by atoms with Gasteiger partial charge >= 0.3 is 6.09 Å². The van der Waals surface area contributed by atoms with Gasteiger partial charge in [-0.05, 0) is 26.8 Å². The maximum atomic E-state index is 11.6. The highest BCUT2D eigenvalue weighted by molar-refractivity contribution is 5.69. The Bertz CT molecular complexity index is 720. The van der Waals surface area contributed by atoms with E-state index in [1.807, 2.05) is 51.2 Å². The number of ether oxygens (including phenoxy) is 1. The molecule has 0 aliphatic carbocycles. The molecule has 2 rings (SSSR count). The number of hydrogen-bond donors (Lipinski definition) is 1. The second kappa shape index (κ2) is 7.01. The molecular formula is C18H21N3O2. The summed E-state index contributed by atoms with van der Waals surface area (Å²) in [6.07, 6.45) is 8.77. The monoisotopic (exact) mass is 311 g/mol. The lowest BCUT2D eigenvalue weighted by Gasteiger charge is -2.19. The summed E-state index contributed by atoms with van der Waals surface area (Å²) in [7, 11) is 0. The van der Waals surface area contributed by atoms with Crippen LogP contribution in [0.5, 0.6) is 0 Å². The van der Waals surface area contributed by atoms with Crippen molar-refractivity contribution in [2.24, 2.45) is 0 Å². The molecule has 0 aliphatic heterocycles. The number of nitrogens with zero attached hydrogens (tertiary/aromatic N) is 2. The van der Waals surface area contributed by atoms with Crippen LogP contribution >= 0.6 is 0 Å². The largest absolute Gasteiger partial charge is 0.444 e. The van der Waals surface area contributed by atoms with Gasteiger partial charge in [-0.1, -0.05) is 24.1 Å². The molecule has 0 saturated heterocycles. The number of terminal acetylenes is 1. The van der Waals surface area contributed by atoms with E-state index in [9.17, 15) is 4.79 Å². The van der Waals surface area contributed by atoms with E-state index in [1.165, 1.54) is 0 Å². The number of aromatic nitrogens is 2. The minimum absolute atomic E-state index is 0.428. The minimum atomic E-state index is -0.498. The first-order chi connectivity index (χ1) is 10.9. The number of carbonyl (C=O) groups is 1. The highest BCUT2D eigenvalue weighted by atomic mass is 16.6. The first-order valence-corrected chi connectivity index (χ1v) is 7.44. The smallest absolute Gasteiger partial charge is 0.407 e. The Balaban J connectivity index is 1.93. The summed E-state index contributed by atoms with van der Waals surface area (Å²) >= 11 is 0. The fraction of sp³-hybridized carbons (Fsp3) is 0.333. The van der Waals surface area contributed by atoms with Crippen LogP contribution in [0, 0.1) is 12.3 Å². The summed E-state index contributed by atoms with van der Waals surface area (Å²) in [6, 6.07) is 7.72. The number of amides is 1. The van der Waals surface area contributed by atoms with E-state index in [2.05, 4.69) is 16.3 Å². The molecule has 0 aliphatic rings. The van der Waals surface area contributed by atoms with Crippen LogP contribution in [0.3, 0.4) is 0 Å². The van der Waals surface area contributed by atoms with Crippen LogP contribution in [-0.4, -0.2) is 28.0 Å². The van der Waals surface area contributed by atoms with Crippen molar-refractivity contribution in [2.75, 3.05) is 6.54 Å². The topological polar surface area (TPSA) is 56.2 Å². The van der Waals surface area contributed by atoms with Gasteiger partial charge in [0.15, 0.2) is 0 Å². The van der Waals surface area contributed by atoms with Crippen molar-refractivity contribution in [1.29, 1.82) is 0 Å². The fourth-order valence-electron chi connectivity index (χ4n) is 2.07. The van der Waals surface area contributed by atoms with Crippen LogP contribution in [0.2, 0.25) is 0 Å². The van der Waals surface area contributed by atoms with E-state index in [4.69, 9.17) is 11.2 Å². The predicted octanol–water partition coefficient (Wildman–Crippen LogP) is 3.06. The molecule has 1 aromatic carbocycles. The third-order valence-corrected chi connectivity index (χ3v) is 3.04. The Morgan fingerprint density at radius 2 is 2.13 bits per heavy atom. The molecule has 1 N–H and O–H groups in total. The molecule has 0 unspecified atom stereocenters. The molecule has 0 saturated carbocycles. The molecule has 5 nitrogen and oxygen atoms in total. The van der Waals surface area contributed by atoms with Gasteiger partial charge in [0.1, 0.15) is 5.60 Å². The van der Waals surface area contributed by atoms with Crippen molar-refractivity contribution in [3.8, 4) is 23.5 Å². The third kappa shape index (κ3) is 4.89. The van der Waals surface area contributed by atoms with Crippen molar-refractivity contribution in [1.82, 2.24) is 15.1 Å². The lowest BCUT2D eigenvalue weighted by Crippen LogP contribution is -2.34. The average Bonchev–Trinajstić information content (AvgIpc) is 2.94. The SMILES string of the molecule is C#Cc1ccccc1-c1cnn(CCNC(=O)OC(C)(C)C)c1. The van der Waals surface area contributed by atoms with Gasteiger partial charge in [-0.25, -0.2) is 4.79 Å². The van der Waals surface area contributed by atoms with Crippen LogP contribution in [0.1, 0.15) is 26.3 Å². The fourth-order valence-corrected chi connectivity index (χ4v) is 2.07. The van der Waals surface area contributed by atoms with Crippen LogP contribution in [0.4, 0.5) is 4.79 Å². The summed E-state index contributed by atoms with van der Waals surface area (Å²) in [4.78, 5) is 11.6. The Morgan fingerprint density at radius 1 is 1.39 bits per heavy atom. The normalized spacial score (nSPS) is 10.9. The van der Waals surface area contributed by atoms with Crippen molar-refractivity contribution in [2.45, 2.75) is 32.9 Å². The molecule has 0 radical (unpaired) electrons. The lowest BCUT2D eigenvalue weighted by molar-refractivity contribution is 0.0525. The van der Waals surface area contributed by atoms with Crippen LogP contribution in [-0.2, 0) is 11.3 Å². The molecule has 5 heteroatoms. The minimum Gasteiger partial charge on any atom is -0.444 e. The number of nitrogens with one attached hydrogen (secondary N) is 1. The summed E-state index contributed by atoms with van der Waals surface area (Å²) in [6.45, 7) is 6.48. The van der Waals surface area contributed by atoms with Crippen LogP contribution in [0.25, 0.3) is 11.1 Å². The molecule has 2 aromatic rings. The van der Waals surface area contributed by atoms with E-state index in [1.54, 1.807) is 10.9 Å². The molecule has 0 bridgehead atoms. The van der Waals surface area contributed by atoms with E-state index in [0.29, 0.717) is 13.1 Å². The molecule has 1 heterocycles. The van der Waals surface area contributed by atoms with E-state index in [0.717, 1.165) is 16.7 Å². The molecule has 1 aromatic heterocycles. The molecular weight excluding hydrogens is 290 g/mol. The number of hydrogen-bond acceptors (Lipinski definition) is 3. The Morgan fingerprint density at radius 3 is 2.83 bits per heavy atom. The predicted molar refractivity (Wildman–Crippen MR) is 89.8 cm³/mol. The van der Waals surface area contributed by atoms with Gasteiger partial charge in [0, 0.05) is 29.4 Å². The molecule has 0 atom stereocenters. The number of benzene rings is 1. The highest BCUT2D eigenvalue weighted by Gasteiger charge is 2.15. The van der Waals surface area contributed by atoms with Gasteiger partial charge in [0.05, 0.1) is 12.7 Å². The van der Waals surface area contributed by atoms with Crippen molar-refractivity contribution in [3.05, 3.63) is 42.2 Å². The standard InChI is InChI=1S/C18H21N3O2/c1-5-14-8-6-7-9-16(14)15-12-20-21(13-15)11-10-19-17(22)23-18(2,3)4/h1,6-9,12-13H,10-11H2,2-4H3,(H,19,22). The number of alkyl carbamates (subject to hydrolysis) is 1. The average molecular weight is 311 g/mol. The second-order valence-electron chi connectivity index (χ2n) is 6.11. The van der Waals surface area contributed by atoms with Crippen molar-refractivity contribution in [3.63, 3.8) is 0 Å². The zero-order valence-corrected chi connectivity index (χ0v) is 13.7. The zero-order chi connectivity index (χ0) is 16.9. The first-order valence-electron chi connectivity index (χ1n) is 7.44. The van der Waals surface area contributed by atoms with Gasteiger partial charge in [-0.3, -0.25) is 4.68 Å². The van der Waals surface area contributed by atoms with Gasteiger partial charge in [0.25, 0.3) is 0 Å². The molecule has 1 amide bonds. The summed E-state index contributed by atoms with van der Waals surface area (Å²) in [5, 5.41) is 7.00. The Hall–Kier alpha value is -2.74. The summed E-state index contributed by atoms with van der Waals surface area (Å²) in [5.74, 6) is 2.67. The number of carbonyl (C=O) groups excluding carboxylic acids is 1. The zero-order valence-electron chi connectivity index (χ0n) is 13.7. The van der Waals surface area contributed by atoms with Gasteiger partial charge in [-0.15, -0.1) is 6.42 Å². The lowest BCUT2D eigenvalue weighted by atomic mass is 10.0. The van der Waals surface area contributed by atoms with Gasteiger partial charge < -0.3 is 10.1 Å². The van der Waals surface area contributed by atoms with E-state index >= 15 is 0 Å². The molecule has 0 fully saturated rings. The molecule has 0 spiro atoms. The number of rotatable bonds is 4. The molecule has 23 heavy (non-hydrogen) atoms. The maximum Gasteiger partial charge on any atom is 0.407 e. The van der Waals surface area contributed by atoms with E-state index < -0.39 is 11.7 Å². The third-order valence-electron chi connectivity index (χ3n) is 3.04. The second-order valence-corrected chi connectivity index (χ2v) is 6.11. The van der Waals surface area contributed by atoms with Gasteiger partial charge in [0.2, 0.25) is 0 Å². The Kier molecular flexibility index (Phi) is 5.07. The first kappa shape index (κ1) is 16.6. The highest BCUT2D eigenvalue weighted by Crippen LogP contribution is 2.22. The summed E-state index contributed by atoms with van der Waals surface area (Å²) < 4.78 is 6.94. The van der Waals surface area contributed by atoms with Crippen molar-refractivity contribution >= 4 is 6.09 Å². The molecule has 120 valence electrons. The van der Waals surface area contributed by atoms with Crippen molar-refractivity contribution < 1.29 is 9.53 Å². The van der Waals surface area contributed by atoms with Gasteiger partial charge in [-0.2, -0.15) is 5.10 Å². The Labute approximate surface area is 136 Å².